The molecule has 0 bridgehead atoms. The van der Waals surface area contributed by atoms with Crippen molar-refractivity contribution in [3.8, 4) is 0 Å². The van der Waals surface area contributed by atoms with E-state index in [1.807, 2.05) is 0 Å². The topological polar surface area (TPSA) is 69.0 Å². The minimum Gasteiger partial charge on any atom is -0.396 e. The first-order valence-electron chi connectivity index (χ1n) is 3.12. The van der Waals surface area contributed by atoms with Crippen molar-refractivity contribution in [3.63, 3.8) is 0 Å². The summed E-state index contributed by atoms with van der Waals surface area (Å²) in [7, 11) is 0. The lowest BCUT2D eigenvalue weighted by Crippen LogP contribution is -2.18. The number of nitrogens with zero attached hydrogens (tertiary/aromatic N) is 3. The minimum atomic E-state index is -2.91. The maximum absolute atomic E-state index is 12.4. The first-order valence-corrected chi connectivity index (χ1v) is 3.12. The van der Waals surface area contributed by atoms with Gasteiger partial charge in [0.25, 0.3) is 5.92 Å². The van der Waals surface area contributed by atoms with Crippen LogP contribution in [0.4, 0.5) is 8.78 Å². The Labute approximate surface area is 62.5 Å². The summed E-state index contributed by atoms with van der Waals surface area (Å²) >= 11 is 0. The molecule has 0 aliphatic rings. The highest BCUT2D eigenvalue weighted by molar-refractivity contribution is 4.66. The number of azide groups is 1. The van der Waals surface area contributed by atoms with E-state index in [0.29, 0.717) is 0 Å². The maximum Gasteiger partial charge on any atom is 0.250 e. The lowest BCUT2D eigenvalue weighted by atomic mass is 10.2. The van der Waals surface area contributed by atoms with E-state index in [2.05, 4.69) is 10.0 Å². The number of aliphatic hydroxyl groups is 1. The molecule has 0 saturated heterocycles. The van der Waals surface area contributed by atoms with Crippen LogP contribution in [-0.4, -0.2) is 24.2 Å². The van der Waals surface area contributed by atoms with E-state index < -0.39 is 25.4 Å². The van der Waals surface area contributed by atoms with Gasteiger partial charge in [-0.3, -0.25) is 0 Å². The van der Waals surface area contributed by atoms with Crippen molar-refractivity contribution < 1.29 is 13.9 Å². The second kappa shape index (κ2) is 4.87. The van der Waals surface area contributed by atoms with Crippen molar-refractivity contribution in [2.75, 3.05) is 13.2 Å². The fourth-order valence-electron chi connectivity index (χ4n) is 0.547. The van der Waals surface area contributed by atoms with Gasteiger partial charge in [-0.2, -0.15) is 0 Å². The number of rotatable bonds is 5. The van der Waals surface area contributed by atoms with E-state index in [0.717, 1.165) is 0 Å². The molecule has 1 N–H and O–H groups in total. The molecular weight excluding hydrogens is 156 g/mol. The van der Waals surface area contributed by atoms with Crippen molar-refractivity contribution in [1.82, 2.24) is 0 Å². The van der Waals surface area contributed by atoms with Crippen LogP contribution in [0.25, 0.3) is 10.4 Å². The first-order chi connectivity index (χ1) is 5.12. The van der Waals surface area contributed by atoms with Gasteiger partial charge < -0.3 is 5.11 Å². The second-order valence-electron chi connectivity index (χ2n) is 2.03. The summed E-state index contributed by atoms with van der Waals surface area (Å²) in [6, 6.07) is 0. The third-order valence-corrected chi connectivity index (χ3v) is 1.12. The number of halogens is 2. The molecule has 0 heterocycles. The standard InChI is InChI=1S/C5H9F2N3O/c6-5(7,2-4-11)1-3-9-10-8/h11H,1-4H2. The molecule has 0 aromatic carbocycles. The van der Waals surface area contributed by atoms with Gasteiger partial charge in [-0.15, -0.1) is 0 Å². The molecule has 0 rings (SSSR count). The number of aliphatic hydroxyl groups excluding tert-OH is 1. The van der Waals surface area contributed by atoms with Crippen LogP contribution in [0.3, 0.4) is 0 Å². The van der Waals surface area contributed by atoms with E-state index in [1.165, 1.54) is 0 Å². The predicted molar refractivity (Wildman–Crippen MR) is 35.3 cm³/mol. The second-order valence-corrected chi connectivity index (χ2v) is 2.03. The highest BCUT2D eigenvalue weighted by Crippen LogP contribution is 2.21. The number of alkyl halides is 2. The lowest BCUT2D eigenvalue weighted by Gasteiger charge is -2.12. The third-order valence-electron chi connectivity index (χ3n) is 1.12. The van der Waals surface area contributed by atoms with Crippen LogP contribution in [0.5, 0.6) is 0 Å². The van der Waals surface area contributed by atoms with Gasteiger partial charge in [-0.05, 0) is 5.53 Å². The van der Waals surface area contributed by atoms with Crippen molar-refractivity contribution in [2.24, 2.45) is 5.11 Å². The summed E-state index contributed by atoms with van der Waals surface area (Å²) in [4.78, 5) is 2.33. The van der Waals surface area contributed by atoms with Gasteiger partial charge >= 0.3 is 0 Å². The van der Waals surface area contributed by atoms with Crippen molar-refractivity contribution in [1.29, 1.82) is 0 Å². The summed E-state index contributed by atoms with van der Waals surface area (Å²) in [5.41, 5.74) is 7.76. The van der Waals surface area contributed by atoms with Crippen LogP contribution >= 0.6 is 0 Å². The molecule has 0 fully saturated rings. The molecular formula is C5H9F2N3O. The number of hydrogen-bond donors (Lipinski definition) is 1. The molecule has 0 aromatic heterocycles. The Morgan fingerprint density at radius 1 is 1.45 bits per heavy atom. The zero-order chi connectivity index (χ0) is 8.74. The smallest absolute Gasteiger partial charge is 0.250 e. The summed E-state index contributed by atoms with van der Waals surface area (Å²) in [6.45, 7) is -0.785. The molecule has 0 unspecified atom stereocenters. The first kappa shape index (κ1) is 10.1. The van der Waals surface area contributed by atoms with Gasteiger partial charge in [0.1, 0.15) is 0 Å². The van der Waals surface area contributed by atoms with Crippen LogP contribution in [0.1, 0.15) is 12.8 Å². The fourth-order valence-corrected chi connectivity index (χ4v) is 0.547. The largest absolute Gasteiger partial charge is 0.396 e. The molecule has 0 aliphatic carbocycles. The zero-order valence-electron chi connectivity index (χ0n) is 5.87. The third kappa shape index (κ3) is 5.57. The Kier molecular flexibility index (Phi) is 4.49. The van der Waals surface area contributed by atoms with E-state index >= 15 is 0 Å². The van der Waals surface area contributed by atoms with Crippen LogP contribution in [0, 0.1) is 0 Å². The van der Waals surface area contributed by atoms with Crippen LogP contribution < -0.4 is 0 Å². The van der Waals surface area contributed by atoms with E-state index in [4.69, 9.17) is 10.6 Å². The molecule has 0 radical (unpaired) electrons. The molecule has 0 spiro atoms. The molecule has 0 saturated carbocycles. The Balaban J connectivity index is 3.62. The van der Waals surface area contributed by atoms with Gasteiger partial charge in [0.05, 0.1) is 0 Å². The molecule has 11 heavy (non-hydrogen) atoms. The Bertz CT molecular complexity index is 156. The summed E-state index contributed by atoms with van der Waals surface area (Å²) < 4.78 is 24.8. The normalized spacial score (nSPS) is 10.8. The summed E-state index contributed by atoms with van der Waals surface area (Å²) in [6.07, 6.45) is -1.08. The predicted octanol–water partition coefficient (Wildman–Crippen LogP) is 1.70. The highest BCUT2D eigenvalue weighted by atomic mass is 19.3. The molecule has 64 valence electrons. The lowest BCUT2D eigenvalue weighted by molar-refractivity contribution is -0.0264. The molecule has 0 aromatic rings. The molecule has 4 nitrogen and oxygen atoms in total. The van der Waals surface area contributed by atoms with E-state index in [9.17, 15) is 8.78 Å². The van der Waals surface area contributed by atoms with Gasteiger partial charge in [0.15, 0.2) is 0 Å². The summed E-state index contributed by atoms with van der Waals surface area (Å²) in [5, 5.41) is 11.1. The average Bonchev–Trinajstić information content (AvgIpc) is 1.87. The molecule has 0 atom stereocenters. The van der Waals surface area contributed by atoms with Gasteiger partial charge in [0, 0.05) is 30.9 Å². The van der Waals surface area contributed by atoms with Crippen LogP contribution in [0.15, 0.2) is 5.11 Å². The van der Waals surface area contributed by atoms with Gasteiger partial charge in [-0.25, -0.2) is 8.78 Å². The zero-order valence-corrected chi connectivity index (χ0v) is 5.87. The highest BCUT2D eigenvalue weighted by Gasteiger charge is 2.26. The monoisotopic (exact) mass is 165 g/mol. The fraction of sp³-hybridized carbons (Fsp3) is 1.00. The van der Waals surface area contributed by atoms with E-state index in [-0.39, 0.29) is 6.54 Å². The van der Waals surface area contributed by atoms with Crippen LogP contribution in [-0.2, 0) is 0 Å². The van der Waals surface area contributed by atoms with Gasteiger partial charge in [0.2, 0.25) is 0 Å². The number of hydrogen-bond acceptors (Lipinski definition) is 2. The van der Waals surface area contributed by atoms with Crippen molar-refractivity contribution in [3.05, 3.63) is 10.4 Å². The minimum absolute atomic E-state index is 0.233. The molecule has 0 amide bonds. The summed E-state index contributed by atoms with van der Waals surface area (Å²) in [5.74, 6) is -2.91. The Morgan fingerprint density at radius 3 is 2.55 bits per heavy atom. The molecule has 0 aliphatic heterocycles. The van der Waals surface area contributed by atoms with Crippen molar-refractivity contribution >= 4 is 0 Å². The van der Waals surface area contributed by atoms with Gasteiger partial charge in [-0.1, -0.05) is 5.11 Å². The SMILES string of the molecule is [N-]=[N+]=NCCC(F)(F)CCO. The van der Waals surface area contributed by atoms with Crippen LogP contribution in [0.2, 0.25) is 0 Å². The Morgan fingerprint density at radius 2 is 2.09 bits per heavy atom. The quantitative estimate of drug-likeness (QED) is 0.376. The molecule has 6 heteroatoms. The van der Waals surface area contributed by atoms with E-state index in [1.54, 1.807) is 0 Å². The maximum atomic E-state index is 12.4. The Hall–Kier alpha value is -0.870. The van der Waals surface area contributed by atoms with Crippen molar-refractivity contribution in [2.45, 2.75) is 18.8 Å². The average molecular weight is 165 g/mol.